The van der Waals surface area contributed by atoms with Gasteiger partial charge in [-0.25, -0.2) is 10.2 Å². The molecule has 1 amide bonds. The molecule has 0 aromatic heterocycles. The van der Waals surface area contributed by atoms with Gasteiger partial charge in [0.25, 0.3) is 0 Å². The van der Waals surface area contributed by atoms with Crippen LogP contribution in [0.4, 0.5) is 4.79 Å². The molecule has 62 valence electrons. The summed E-state index contributed by atoms with van der Waals surface area (Å²) in [6.07, 6.45) is 2.10. The molecule has 0 aliphatic heterocycles. The molecular weight excluding hydrogens is 144 g/mol. The van der Waals surface area contributed by atoms with E-state index in [1.807, 2.05) is 5.43 Å². The summed E-state index contributed by atoms with van der Waals surface area (Å²) in [5.41, 5.74) is 3.00. The van der Waals surface area contributed by atoms with Gasteiger partial charge in [-0.05, 0) is 25.2 Å². The molecule has 0 saturated heterocycles. The minimum Gasteiger partial charge on any atom is -0.464 e. The Morgan fingerprint density at radius 3 is 3.00 bits per heavy atom. The third kappa shape index (κ3) is 2.22. The summed E-state index contributed by atoms with van der Waals surface area (Å²) in [6.45, 7) is 2.06. The Balaban J connectivity index is 2.45. The van der Waals surface area contributed by atoms with Gasteiger partial charge in [0.2, 0.25) is 0 Å². The van der Waals surface area contributed by atoms with Crippen molar-refractivity contribution in [2.45, 2.75) is 26.2 Å². The van der Waals surface area contributed by atoms with Crippen molar-refractivity contribution in [1.29, 1.82) is 0 Å². The predicted molar refractivity (Wildman–Crippen MR) is 41.6 cm³/mol. The fraction of sp³-hybridized carbons (Fsp3) is 0.714. The van der Waals surface area contributed by atoms with Crippen molar-refractivity contribution in [3.63, 3.8) is 0 Å². The van der Waals surface area contributed by atoms with Gasteiger partial charge in [0.15, 0.2) is 0 Å². The zero-order valence-electron chi connectivity index (χ0n) is 6.50. The van der Waals surface area contributed by atoms with Gasteiger partial charge < -0.3 is 5.11 Å². The van der Waals surface area contributed by atoms with Gasteiger partial charge in [-0.3, -0.25) is 0 Å². The lowest BCUT2D eigenvalue weighted by Gasteiger charge is -2.01. The lowest BCUT2D eigenvalue weighted by atomic mass is 10.1. The Labute approximate surface area is 65.3 Å². The molecule has 2 N–H and O–H groups in total. The highest BCUT2D eigenvalue weighted by atomic mass is 16.4. The Hall–Kier alpha value is -1.06. The third-order valence-corrected chi connectivity index (χ3v) is 1.93. The zero-order chi connectivity index (χ0) is 8.27. The molecule has 1 aliphatic carbocycles. The number of hydrogen-bond acceptors (Lipinski definition) is 2. The van der Waals surface area contributed by atoms with E-state index < -0.39 is 6.09 Å². The maximum atomic E-state index is 10.0. The second-order valence-electron chi connectivity index (χ2n) is 2.81. The van der Waals surface area contributed by atoms with Crippen molar-refractivity contribution < 1.29 is 9.90 Å². The first-order valence-corrected chi connectivity index (χ1v) is 3.75. The maximum absolute atomic E-state index is 10.0. The predicted octanol–water partition coefficient (Wildman–Crippen LogP) is 1.43. The molecule has 1 saturated carbocycles. The van der Waals surface area contributed by atoms with E-state index in [-0.39, 0.29) is 0 Å². The van der Waals surface area contributed by atoms with Crippen LogP contribution in [-0.2, 0) is 0 Å². The van der Waals surface area contributed by atoms with Crippen molar-refractivity contribution in [3.05, 3.63) is 0 Å². The number of nitrogens with zero attached hydrogens (tertiary/aromatic N) is 1. The van der Waals surface area contributed by atoms with Crippen LogP contribution in [0.5, 0.6) is 0 Å². The maximum Gasteiger partial charge on any atom is 0.425 e. The molecule has 0 bridgehead atoms. The Morgan fingerprint density at radius 2 is 2.55 bits per heavy atom. The highest BCUT2D eigenvalue weighted by molar-refractivity contribution is 5.88. The van der Waals surface area contributed by atoms with Crippen molar-refractivity contribution in [1.82, 2.24) is 5.43 Å². The number of hydrogen-bond donors (Lipinski definition) is 2. The highest BCUT2D eigenvalue weighted by Gasteiger charge is 2.17. The lowest BCUT2D eigenvalue weighted by Crippen LogP contribution is -2.17. The van der Waals surface area contributed by atoms with Crippen LogP contribution in [0.25, 0.3) is 0 Å². The second-order valence-corrected chi connectivity index (χ2v) is 2.81. The van der Waals surface area contributed by atoms with Crippen molar-refractivity contribution in [2.75, 3.05) is 0 Å². The van der Waals surface area contributed by atoms with Gasteiger partial charge in [-0.15, -0.1) is 0 Å². The van der Waals surface area contributed by atoms with Gasteiger partial charge in [0.05, 0.1) is 0 Å². The number of carboxylic acid groups (broad SMARTS) is 1. The number of carbonyl (C=O) groups is 1. The van der Waals surface area contributed by atoms with E-state index >= 15 is 0 Å². The molecule has 11 heavy (non-hydrogen) atoms. The van der Waals surface area contributed by atoms with Gasteiger partial charge in [0, 0.05) is 5.71 Å². The first-order valence-electron chi connectivity index (χ1n) is 3.75. The fourth-order valence-electron chi connectivity index (χ4n) is 1.29. The van der Waals surface area contributed by atoms with Crippen molar-refractivity contribution in [3.8, 4) is 0 Å². The molecular formula is C7H12N2O2. The standard InChI is InChI=1S/C7H12N2O2/c1-5-3-2-4-6(5)8-9-7(10)11/h5,9H,2-4H2,1H3,(H,10,11)/b8-6+. The van der Waals surface area contributed by atoms with Crippen LogP contribution >= 0.6 is 0 Å². The van der Waals surface area contributed by atoms with Crippen LogP contribution in [-0.4, -0.2) is 16.9 Å². The number of nitrogens with one attached hydrogen (secondary N) is 1. The van der Waals surface area contributed by atoms with Gasteiger partial charge >= 0.3 is 6.09 Å². The van der Waals surface area contributed by atoms with Gasteiger partial charge in [-0.1, -0.05) is 6.92 Å². The van der Waals surface area contributed by atoms with E-state index in [1.54, 1.807) is 0 Å². The van der Waals surface area contributed by atoms with Crippen LogP contribution < -0.4 is 5.43 Å². The molecule has 1 atom stereocenters. The van der Waals surface area contributed by atoms with E-state index in [2.05, 4.69) is 12.0 Å². The lowest BCUT2D eigenvalue weighted by molar-refractivity contribution is 0.195. The molecule has 0 aromatic rings. The average molecular weight is 156 g/mol. The summed E-state index contributed by atoms with van der Waals surface area (Å²) in [4.78, 5) is 10.0. The molecule has 0 heterocycles. The van der Waals surface area contributed by atoms with E-state index in [0.717, 1.165) is 25.0 Å². The first-order chi connectivity index (χ1) is 5.20. The molecule has 4 heteroatoms. The quantitative estimate of drug-likeness (QED) is 0.564. The summed E-state index contributed by atoms with van der Waals surface area (Å²) in [5.74, 6) is 0.446. The average Bonchev–Trinajstić information content (AvgIpc) is 2.31. The number of rotatable bonds is 1. The zero-order valence-corrected chi connectivity index (χ0v) is 6.50. The smallest absolute Gasteiger partial charge is 0.425 e. The first kappa shape index (κ1) is 8.04. The summed E-state index contributed by atoms with van der Waals surface area (Å²) < 4.78 is 0. The van der Waals surface area contributed by atoms with Crippen LogP contribution in [0.1, 0.15) is 26.2 Å². The molecule has 0 aromatic carbocycles. The fourth-order valence-corrected chi connectivity index (χ4v) is 1.29. The molecule has 4 nitrogen and oxygen atoms in total. The van der Waals surface area contributed by atoms with E-state index in [4.69, 9.17) is 5.11 Å². The number of amides is 1. The monoisotopic (exact) mass is 156 g/mol. The molecule has 1 aliphatic rings. The van der Waals surface area contributed by atoms with Gasteiger partial charge in [0.1, 0.15) is 0 Å². The Bertz CT molecular complexity index is 189. The topological polar surface area (TPSA) is 61.7 Å². The normalized spacial score (nSPS) is 27.4. The van der Waals surface area contributed by atoms with E-state index in [9.17, 15) is 4.79 Å². The van der Waals surface area contributed by atoms with Crippen LogP contribution in [0.3, 0.4) is 0 Å². The van der Waals surface area contributed by atoms with Gasteiger partial charge in [-0.2, -0.15) is 5.10 Å². The third-order valence-electron chi connectivity index (χ3n) is 1.93. The summed E-state index contributed by atoms with van der Waals surface area (Å²) in [5, 5.41) is 12.0. The summed E-state index contributed by atoms with van der Waals surface area (Å²) in [6, 6.07) is 0. The SMILES string of the molecule is CC1CCC/C1=N\NC(=O)O. The van der Waals surface area contributed by atoms with E-state index in [1.165, 1.54) is 0 Å². The minimum atomic E-state index is -1.09. The highest BCUT2D eigenvalue weighted by Crippen LogP contribution is 2.21. The molecule has 1 fully saturated rings. The molecule has 0 radical (unpaired) electrons. The molecule has 1 rings (SSSR count). The number of hydrazone groups is 1. The Morgan fingerprint density at radius 1 is 1.82 bits per heavy atom. The molecule has 1 unspecified atom stereocenters. The Kier molecular flexibility index (Phi) is 2.46. The van der Waals surface area contributed by atoms with Crippen LogP contribution in [0, 0.1) is 5.92 Å². The van der Waals surface area contributed by atoms with E-state index in [0.29, 0.717) is 5.92 Å². The van der Waals surface area contributed by atoms with Crippen molar-refractivity contribution >= 4 is 11.8 Å². The summed E-state index contributed by atoms with van der Waals surface area (Å²) >= 11 is 0. The van der Waals surface area contributed by atoms with Crippen molar-refractivity contribution in [2.24, 2.45) is 11.0 Å². The molecule has 0 spiro atoms. The summed E-state index contributed by atoms with van der Waals surface area (Å²) in [7, 11) is 0. The van der Waals surface area contributed by atoms with Crippen LogP contribution in [0.15, 0.2) is 5.10 Å². The largest absolute Gasteiger partial charge is 0.464 e. The minimum absolute atomic E-state index is 0.446. The second kappa shape index (κ2) is 3.37. The van der Waals surface area contributed by atoms with Crippen LogP contribution in [0.2, 0.25) is 0 Å².